The number of hydrogen-bond donors (Lipinski definition) is 1. The van der Waals surface area contributed by atoms with Gasteiger partial charge < -0.3 is 9.64 Å². The van der Waals surface area contributed by atoms with E-state index in [1.54, 1.807) is 11.8 Å². The maximum Gasteiger partial charge on any atom is 0.416 e. The molecule has 0 aliphatic carbocycles. The normalized spacial score (nSPS) is 14.4. The van der Waals surface area contributed by atoms with Crippen molar-refractivity contribution in [2.75, 3.05) is 18.6 Å². The minimum absolute atomic E-state index is 0.0187. The first-order valence-corrected chi connectivity index (χ1v) is 9.36. The maximum absolute atomic E-state index is 13.0. The number of alkyl halides is 3. The van der Waals surface area contributed by atoms with Crippen molar-refractivity contribution in [2.24, 2.45) is 5.10 Å². The summed E-state index contributed by atoms with van der Waals surface area (Å²) in [6.45, 7) is 2.77. The summed E-state index contributed by atoms with van der Waals surface area (Å²) in [5, 5.41) is 4.11. The van der Waals surface area contributed by atoms with Gasteiger partial charge in [-0.15, -0.1) is 5.10 Å². The van der Waals surface area contributed by atoms with Crippen LogP contribution < -0.4 is 5.43 Å². The first-order valence-electron chi connectivity index (χ1n) is 8.99. The number of hydrogen-bond acceptors (Lipinski definition) is 4. The van der Waals surface area contributed by atoms with Crippen molar-refractivity contribution >= 4 is 29.1 Å². The Hall–Kier alpha value is -2.74. The maximum atomic E-state index is 13.0. The molecule has 1 aliphatic heterocycles. The van der Waals surface area contributed by atoms with Crippen molar-refractivity contribution in [1.82, 2.24) is 4.90 Å². The standard InChI is InChI=1S/C20H19ClF3N3O2/c1-2-29-19(28)18(27-10-9-13-5-3-4-6-14(13)12-27)26-25-17-11-15(20(22,23)24)7-8-16(17)21/h3-8,11,25H,2,9-10,12H2,1H3/b26-18+. The molecule has 1 heterocycles. The third-order valence-corrected chi connectivity index (χ3v) is 4.79. The number of rotatable bonds is 3. The van der Waals surface area contributed by atoms with E-state index in [1.807, 2.05) is 24.3 Å². The van der Waals surface area contributed by atoms with Crippen molar-refractivity contribution in [2.45, 2.75) is 26.1 Å². The van der Waals surface area contributed by atoms with Crippen LogP contribution in [0, 0.1) is 0 Å². The van der Waals surface area contributed by atoms with E-state index in [0.717, 1.165) is 23.8 Å². The van der Waals surface area contributed by atoms with Gasteiger partial charge in [-0.3, -0.25) is 5.43 Å². The molecule has 9 heteroatoms. The highest BCUT2D eigenvalue weighted by Gasteiger charge is 2.31. The van der Waals surface area contributed by atoms with Crippen LogP contribution in [0.2, 0.25) is 5.02 Å². The zero-order valence-electron chi connectivity index (χ0n) is 15.6. The lowest BCUT2D eigenvalue weighted by Gasteiger charge is -2.30. The molecule has 0 unspecified atom stereocenters. The van der Waals surface area contributed by atoms with Gasteiger partial charge in [0.05, 0.1) is 22.9 Å². The Labute approximate surface area is 171 Å². The fraction of sp³-hybridized carbons (Fsp3) is 0.300. The number of anilines is 1. The summed E-state index contributed by atoms with van der Waals surface area (Å²) < 4.78 is 44.0. The largest absolute Gasteiger partial charge is 0.460 e. The molecule has 5 nitrogen and oxygen atoms in total. The lowest BCUT2D eigenvalue weighted by atomic mass is 10.00. The molecule has 154 valence electrons. The summed E-state index contributed by atoms with van der Waals surface area (Å²) in [7, 11) is 0. The third-order valence-electron chi connectivity index (χ3n) is 4.46. The molecule has 0 fully saturated rings. The molecule has 29 heavy (non-hydrogen) atoms. The highest BCUT2D eigenvalue weighted by molar-refractivity contribution is 6.35. The average molecular weight is 426 g/mol. The number of fused-ring (bicyclic) bond motifs is 1. The number of amidine groups is 1. The Bertz CT molecular complexity index is 931. The monoisotopic (exact) mass is 425 g/mol. The number of carbonyl (C=O) groups is 1. The van der Waals surface area contributed by atoms with Gasteiger partial charge in [0.1, 0.15) is 0 Å². The minimum atomic E-state index is -4.52. The summed E-state index contributed by atoms with van der Waals surface area (Å²) in [5.74, 6) is -0.683. The highest BCUT2D eigenvalue weighted by Crippen LogP contribution is 2.33. The summed E-state index contributed by atoms with van der Waals surface area (Å²) in [6, 6.07) is 10.7. The smallest absolute Gasteiger partial charge is 0.416 e. The molecule has 0 amide bonds. The Morgan fingerprint density at radius 2 is 1.97 bits per heavy atom. The first kappa shape index (κ1) is 21.0. The fourth-order valence-corrected chi connectivity index (χ4v) is 3.18. The van der Waals surface area contributed by atoms with Gasteiger partial charge in [-0.25, -0.2) is 4.79 Å². The van der Waals surface area contributed by atoms with Crippen molar-refractivity contribution < 1.29 is 22.7 Å². The van der Waals surface area contributed by atoms with E-state index in [1.165, 1.54) is 5.56 Å². The Kier molecular flexibility index (Phi) is 6.32. The Balaban J connectivity index is 1.88. The highest BCUT2D eigenvalue weighted by atomic mass is 35.5. The van der Waals surface area contributed by atoms with Gasteiger partial charge in [0.25, 0.3) is 0 Å². The second-order valence-corrected chi connectivity index (χ2v) is 6.81. The third kappa shape index (κ3) is 5.00. The number of carbonyl (C=O) groups excluding carboxylic acids is 1. The van der Waals surface area contributed by atoms with Crippen LogP contribution in [0.15, 0.2) is 47.6 Å². The molecule has 2 aromatic carbocycles. The van der Waals surface area contributed by atoms with Crippen LogP contribution in [0.3, 0.4) is 0 Å². The minimum Gasteiger partial charge on any atom is -0.460 e. The fourth-order valence-electron chi connectivity index (χ4n) is 3.02. The van der Waals surface area contributed by atoms with E-state index in [4.69, 9.17) is 16.3 Å². The lowest BCUT2D eigenvalue weighted by molar-refractivity contribution is -0.138. The summed E-state index contributed by atoms with van der Waals surface area (Å²) in [4.78, 5) is 14.2. The Morgan fingerprint density at radius 1 is 1.24 bits per heavy atom. The van der Waals surface area contributed by atoms with E-state index in [2.05, 4.69) is 10.5 Å². The number of halogens is 4. The number of nitrogens with zero attached hydrogens (tertiary/aromatic N) is 2. The second-order valence-electron chi connectivity index (χ2n) is 6.40. The molecule has 3 rings (SSSR count). The van der Waals surface area contributed by atoms with Gasteiger partial charge in [0, 0.05) is 13.1 Å². The van der Waals surface area contributed by atoms with Crippen LogP contribution in [0.25, 0.3) is 0 Å². The van der Waals surface area contributed by atoms with E-state index in [9.17, 15) is 18.0 Å². The number of hydrazone groups is 1. The van der Waals surface area contributed by atoms with Gasteiger partial charge in [-0.05, 0) is 42.7 Å². The molecular formula is C20H19ClF3N3O2. The molecular weight excluding hydrogens is 407 g/mol. The number of esters is 1. The molecule has 0 aromatic heterocycles. The van der Waals surface area contributed by atoms with Crippen molar-refractivity contribution in [3.05, 3.63) is 64.2 Å². The van der Waals surface area contributed by atoms with E-state index >= 15 is 0 Å². The average Bonchev–Trinajstić information content (AvgIpc) is 2.68. The molecule has 2 aromatic rings. The number of nitrogens with one attached hydrogen (secondary N) is 1. The van der Waals surface area contributed by atoms with Crippen LogP contribution in [-0.4, -0.2) is 29.9 Å². The number of benzene rings is 2. The van der Waals surface area contributed by atoms with Gasteiger partial charge in [-0.1, -0.05) is 35.9 Å². The molecule has 0 saturated carbocycles. The molecule has 0 atom stereocenters. The molecule has 0 radical (unpaired) electrons. The predicted molar refractivity (Wildman–Crippen MR) is 105 cm³/mol. The summed E-state index contributed by atoms with van der Waals surface area (Å²) >= 11 is 5.99. The van der Waals surface area contributed by atoms with E-state index in [-0.39, 0.29) is 23.2 Å². The van der Waals surface area contributed by atoms with Crippen LogP contribution in [0.5, 0.6) is 0 Å². The second kappa shape index (κ2) is 8.73. The molecule has 0 spiro atoms. The Morgan fingerprint density at radius 3 is 2.66 bits per heavy atom. The zero-order valence-corrected chi connectivity index (χ0v) is 16.3. The molecule has 1 N–H and O–H groups in total. The van der Waals surface area contributed by atoms with Crippen molar-refractivity contribution in [1.29, 1.82) is 0 Å². The van der Waals surface area contributed by atoms with E-state index in [0.29, 0.717) is 19.5 Å². The first-order chi connectivity index (χ1) is 13.8. The number of ether oxygens (including phenoxy) is 1. The van der Waals surface area contributed by atoms with Crippen LogP contribution in [0.1, 0.15) is 23.6 Å². The van der Waals surface area contributed by atoms with E-state index < -0.39 is 17.7 Å². The SMILES string of the molecule is CCOC(=O)/C(=N\Nc1cc(C(F)(F)F)ccc1Cl)N1CCc2ccccc2C1. The van der Waals surface area contributed by atoms with Gasteiger partial charge in [-0.2, -0.15) is 13.2 Å². The van der Waals surface area contributed by atoms with Gasteiger partial charge >= 0.3 is 12.1 Å². The molecule has 1 aliphatic rings. The lowest BCUT2D eigenvalue weighted by Crippen LogP contribution is -2.41. The van der Waals surface area contributed by atoms with Crippen molar-refractivity contribution in [3.63, 3.8) is 0 Å². The quantitative estimate of drug-likeness (QED) is 0.335. The summed E-state index contributed by atoms with van der Waals surface area (Å²) in [5.41, 5.74) is 3.80. The van der Waals surface area contributed by atoms with Crippen LogP contribution in [0.4, 0.5) is 18.9 Å². The van der Waals surface area contributed by atoms with Gasteiger partial charge in [0.15, 0.2) is 0 Å². The van der Waals surface area contributed by atoms with Crippen LogP contribution >= 0.6 is 11.6 Å². The van der Waals surface area contributed by atoms with Gasteiger partial charge in [0.2, 0.25) is 5.84 Å². The predicted octanol–water partition coefficient (Wildman–Crippen LogP) is 4.71. The topological polar surface area (TPSA) is 53.9 Å². The molecule has 0 saturated heterocycles. The van der Waals surface area contributed by atoms with Crippen molar-refractivity contribution in [3.8, 4) is 0 Å². The molecule has 0 bridgehead atoms. The zero-order chi connectivity index (χ0) is 21.0. The summed E-state index contributed by atoms with van der Waals surface area (Å²) in [6.07, 6.45) is -3.82. The van der Waals surface area contributed by atoms with Crippen LogP contribution in [-0.2, 0) is 28.7 Å².